The highest BCUT2D eigenvalue weighted by atomic mass is 16.5. The van der Waals surface area contributed by atoms with Gasteiger partial charge in [-0.15, -0.1) is 0 Å². The van der Waals surface area contributed by atoms with Gasteiger partial charge in [0, 0.05) is 12.6 Å². The van der Waals surface area contributed by atoms with E-state index < -0.39 is 19.1 Å². The van der Waals surface area contributed by atoms with Gasteiger partial charge < -0.3 is 14.8 Å². The van der Waals surface area contributed by atoms with Crippen LogP contribution in [-0.2, 0) is 14.2 Å². The lowest BCUT2D eigenvalue weighted by atomic mass is 9.55. The topological polar surface area (TPSA) is 87.1 Å². The maximum Gasteiger partial charge on any atom is 0.487 e. The molecule has 4 atom stereocenters. The van der Waals surface area contributed by atoms with Gasteiger partial charge in [0.05, 0.1) is 17.9 Å². The van der Waals surface area contributed by atoms with E-state index in [1.54, 1.807) is 24.3 Å². The van der Waals surface area contributed by atoms with E-state index in [0.717, 1.165) is 11.0 Å². The molecule has 1 aromatic rings. The van der Waals surface area contributed by atoms with E-state index in [4.69, 9.17) is 4.65 Å². The predicted molar refractivity (Wildman–Crippen MR) is 94.7 cm³/mol. The minimum Gasteiger partial charge on any atom is -0.508 e. The number of phenols is 1. The second kappa shape index (κ2) is 6.25. The highest BCUT2D eigenvalue weighted by molar-refractivity contribution is 6.53. The number of imide groups is 1. The van der Waals surface area contributed by atoms with Gasteiger partial charge in [-0.2, -0.15) is 0 Å². The fourth-order valence-electron chi connectivity index (χ4n) is 4.87. The Morgan fingerprint density at radius 3 is 2.65 bits per heavy atom. The summed E-state index contributed by atoms with van der Waals surface area (Å²) in [6.07, 6.45) is 1.15. The van der Waals surface area contributed by atoms with Gasteiger partial charge in [-0.05, 0) is 36.7 Å². The fourth-order valence-corrected chi connectivity index (χ4v) is 4.87. The van der Waals surface area contributed by atoms with Crippen molar-refractivity contribution in [2.75, 3.05) is 7.05 Å². The zero-order chi connectivity index (χ0) is 18.6. The first-order chi connectivity index (χ1) is 12.4. The molecule has 26 heavy (non-hydrogen) atoms. The Morgan fingerprint density at radius 1 is 1.23 bits per heavy atom. The Bertz CT molecular complexity index is 807. The predicted octanol–water partition coefficient (Wildman–Crippen LogP) is 1.83. The number of fused-ring (bicyclic) bond motifs is 3. The molecule has 136 valence electrons. The number of carbonyl (C=O) groups excluding carboxylic acids is 2. The smallest absolute Gasteiger partial charge is 0.487 e. The molecule has 2 aliphatic heterocycles. The van der Waals surface area contributed by atoms with Crippen LogP contribution in [0.1, 0.15) is 37.9 Å². The van der Waals surface area contributed by atoms with Crippen LogP contribution in [-0.4, -0.2) is 41.0 Å². The number of nitrogens with zero attached hydrogens (tertiary/aromatic N) is 1. The van der Waals surface area contributed by atoms with Crippen LogP contribution in [0.25, 0.3) is 0 Å². The van der Waals surface area contributed by atoms with Crippen LogP contribution in [0, 0.1) is 17.8 Å². The summed E-state index contributed by atoms with van der Waals surface area (Å²) < 4.78 is 5.82. The minimum absolute atomic E-state index is 0.103. The molecule has 7 heteroatoms. The summed E-state index contributed by atoms with van der Waals surface area (Å²) in [5, 5.41) is 20.9. The molecule has 0 unspecified atom stereocenters. The molecule has 0 bridgehead atoms. The van der Waals surface area contributed by atoms with Gasteiger partial charge in [0.15, 0.2) is 0 Å². The third-order valence-electron chi connectivity index (χ3n) is 6.14. The number of para-hydroxylation sites is 1. The molecule has 2 heterocycles. The van der Waals surface area contributed by atoms with Crippen LogP contribution in [0.3, 0.4) is 0 Å². The largest absolute Gasteiger partial charge is 0.508 e. The van der Waals surface area contributed by atoms with Crippen LogP contribution in [0.15, 0.2) is 35.3 Å². The molecule has 0 aromatic heterocycles. The van der Waals surface area contributed by atoms with E-state index >= 15 is 0 Å². The molecular weight excluding hydrogens is 333 g/mol. The standard InChI is InChI=1S/C19H22BNO5/c1-3-10-8-13-16(19(24)21(2)18(13)23)12-9-15(26-20(25)17(10)12)11-6-4-5-7-14(11)22/h4-7,12-13,15-16,22,25H,3,8-9H2,1-2H3/t12-,13-,15-,16+/m0/s1. The number of hydrogen-bond donors (Lipinski definition) is 2. The molecule has 1 aromatic carbocycles. The van der Waals surface area contributed by atoms with E-state index in [2.05, 4.69) is 0 Å². The fraction of sp³-hybridized carbons (Fsp3) is 0.474. The van der Waals surface area contributed by atoms with Crippen molar-refractivity contribution in [3.8, 4) is 5.75 Å². The van der Waals surface area contributed by atoms with E-state index in [-0.39, 0.29) is 29.4 Å². The second-order valence-electron chi connectivity index (χ2n) is 7.36. The SMILES string of the molecule is CCC1=C2B(O)O[C@H](c3ccccc3O)C[C@H]2[C@H]2C(=O)N(C)C(=O)[C@H]2C1. The lowest BCUT2D eigenvalue weighted by Crippen LogP contribution is -2.44. The van der Waals surface area contributed by atoms with Crippen molar-refractivity contribution in [2.45, 2.75) is 32.3 Å². The van der Waals surface area contributed by atoms with Crippen molar-refractivity contribution in [3.05, 3.63) is 40.9 Å². The highest BCUT2D eigenvalue weighted by Gasteiger charge is 2.56. The van der Waals surface area contributed by atoms with Gasteiger partial charge >= 0.3 is 7.12 Å². The molecule has 2 fully saturated rings. The Morgan fingerprint density at radius 2 is 1.96 bits per heavy atom. The summed E-state index contributed by atoms with van der Waals surface area (Å²) in [5.41, 5.74) is 2.36. The molecule has 2 amide bonds. The number of likely N-dealkylation sites (tertiary alicyclic amines) is 1. The zero-order valence-corrected chi connectivity index (χ0v) is 14.9. The van der Waals surface area contributed by atoms with Crippen molar-refractivity contribution < 1.29 is 24.4 Å². The summed E-state index contributed by atoms with van der Waals surface area (Å²) in [7, 11) is 0.410. The number of aromatic hydroxyl groups is 1. The highest BCUT2D eigenvalue weighted by Crippen LogP contribution is 2.52. The molecule has 6 nitrogen and oxygen atoms in total. The lowest BCUT2D eigenvalue weighted by Gasteiger charge is -2.42. The molecule has 1 aliphatic carbocycles. The maximum atomic E-state index is 12.7. The van der Waals surface area contributed by atoms with Crippen LogP contribution >= 0.6 is 0 Å². The van der Waals surface area contributed by atoms with Gasteiger partial charge in [0.25, 0.3) is 0 Å². The first-order valence-corrected chi connectivity index (χ1v) is 9.08. The van der Waals surface area contributed by atoms with Crippen molar-refractivity contribution >= 4 is 18.9 Å². The Balaban J connectivity index is 1.76. The quantitative estimate of drug-likeness (QED) is 0.624. The third kappa shape index (κ3) is 2.41. The van der Waals surface area contributed by atoms with Crippen molar-refractivity contribution in [3.63, 3.8) is 0 Å². The monoisotopic (exact) mass is 355 g/mol. The number of allylic oxidation sites excluding steroid dienone is 2. The van der Waals surface area contributed by atoms with Crippen molar-refractivity contribution in [2.24, 2.45) is 17.8 Å². The second-order valence-corrected chi connectivity index (χ2v) is 7.36. The van der Waals surface area contributed by atoms with E-state index in [1.165, 1.54) is 11.9 Å². The summed E-state index contributed by atoms with van der Waals surface area (Å²) >= 11 is 0. The van der Waals surface area contributed by atoms with E-state index in [9.17, 15) is 19.7 Å². The summed E-state index contributed by atoms with van der Waals surface area (Å²) in [4.78, 5) is 26.5. The normalized spacial score (nSPS) is 31.3. The summed E-state index contributed by atoms with van der Waals surface area (Å²) in [6, 6.07) is 6.87. The number of hydrogen-bond acceptors (Lipinski definition) is 5. The number of benzene rings is 1. The lowest BCUT2D eigenvalue weighted by molar-refractivity contribution is -0.138. The maximum absolute atomic E-state index is 12.7. The molecule has 0 saturated carbocycles. The first-order valence-electron chi connectivity index (χ1n) is 9.08. The zero-order valence-electron chi connectivity index (χ0n) is 14.9. The molecule has 3 aliphatic rings. The molecule has 2 saturated heterocycles. The Labute approximate surface area is 152 Å². The molecule has 2 N–H and O–H groups in total. The average Bonchev–Trinajstić information content (AvgIpc) is 2.85. The minimum atomic E-state index is -1.12. The van der Waals surface area contributed by atoms with Crippen LogP contribution in [0.5, 0.6) is 5.75 Å². The number of phenolic OH excluding ortho intramolecular Hbond substituents is 1. The number of carbonyl (C=O) groups is 2. The number of amides is 2. The van der Waals surface area contributed by atoms with Crippen LogP contribution in [0.4, 0.5) is 0 Å². The molecule has 0 spiro atoms. The van der Waals surface area contributed by atoms with Gasteiger partial charge in [-0.1, -0.05) is 30.7 Å². The molecule has 4 rings (SSSR count). The first kappa shape index (κ1) is 17.3. The van der Waals surface area contributed by atoms with Gasteiger partial charge in [0.1, 0.15) is 5.75 Å². The summed E-state index contributed by atoms with van der Waals surface area (Å²) in [6.45, 7) is 1.99. The van der Waals surface area contributed by atoms with Gasteiger partial charge in [0.2, 0.25) is 11.8 Å². The van der Waals surface area contributed by atoms with Crippen molar-refractivity contribution in [1.29, 1.82) is 0 Å². The Hall–Kier alpha value is -2.12. The van der Waals surface area contributed by atoms with Gasteiger partial charge in [-0.3, -0.25) is 14.5 Å². The number of rotatable bonds is 2. The van der Waals surface area contributed by atoms with Crippen molar-refractivity contribution in [1.82, 2.24) is 4.90 Å². The van der Waals surface area contributed by atoms with Crippen LogP contribution in [0.2, 0.25) is 0 Å². The van der Waals surface area contributed by atoms with E-state index in [0.29, 0.717) is 24.8 Å². The third-order valence-corrected chi connectivity index (χ3v) is 6.14. The summed E-state index contributed by atoms with van der Waals surface area (Å²) in [5.74, 6) is -1.27. The molecule has 0 radical (unpaired) electrons. The average molecular weight is 355 g/mol. The molecular formula is C19H22BNO5. The Kier molecular flexibility index (Phi) is 4.16. The van der Waals surface area contributed by atoms with Crippen LogP contribution < -0.4 is 0 Å². The van der Waals surface area contributed by atoms with Gasteiger partial charge in [-0.25, -0.2) is 0 Å². The van der Waals surface area contributed by atoms with E-state index in [1.807, 2.05) is 6.92 Å².